The van der Waals surface area contributed by atoms with Crippen molar-refractivity contribution in [1.82, 2.24) is 10.6 Å². The predicted octanol–water partition coefficient (Wildman–Crippen LogP) is 1.45. The standard InChI is InChI=1S/C11H18N2OS2/c1-6(14)11-9(5-12-8(3)16)4-10(13-11)7(2)15/h7,10,13,15H,4-5H2,1-3H3,(H,12,16). The highest BCUT2D eigenvalue weighted by Crippen LogP contribution is 2.23. The number of rotatable bonds is 4. The molecule has 0 amide bonds. The summed E-state index contributed by atoms with van der Waals surface area (Å²) in [7, 11) is 0. The molecule has 2 N–H and O–H groups in total. The zero-order chi connectivity index (χ0) is 12.3. The number of allylic oxidation sites excluding steroid dienone is 1. The van der Waals surface area contributed by atoms with E-state index in [0.29, 0.717) is 6.54 Å². The van der Waals surface area contributed by atoms with Crippen molar-refractivity contribution in [3.05, 3.63) is 11.3 Å². The van der Waals surface area contributed by atoms with E-state index < -0.39 is 0 Å². The fourth-order valence-electron chi connectivity index (χ4n) is 1.74. The number of hydrogen-bond acceptors (Lipinski definition) is 4. The summed E-state index contributed by atoms with van der Waals surface area (Å²) in [6, 6.07) is 0.240. The van der Waals surface area contributed by atoms with E-state index in [1.165, 1.54) is 0 Å². The highest BCUT2D eigenvalue weighted by Gasteiger charge is 2.27. The van der Waals surface area contributed by atoms with Gasteiger partial charge in [-0.1, -0.05) is 19.1 Å². The van der Waals surface area contributed by atoms with Crippen LogP contribution in [0.3, 0.4) is 0 Å². The van der Waals surface area contributed by atoms with E-state index in [2.05, 4.69) is 23.3 Å². The molecule has 0 spiro atoms. The van der Waals surface area contributed by atoms with Gasteiger partial charge in [0.1, 0.15) is 0 Å². The van der Waals surface area contributed by atoms with Gasteiger partial charge in [-0.05, 0) is 18.9 Å². The zero-order valence-corrected chi connectivity index (χ0v) is 11.5. The third-order valence-electron chi connectivity index (χ3n) is 2.63. The van der Waals surface area contributed by atoms with Gasteiger partial charge in [0.15, 0.2) is 5.78 Å². The summed E-state index contributed by atoms with van der Waals surface area (Å²) in [5, 5.41) is 6.54. The molecular formula is C11H18N2OS2. The summed E-state index contributed by atoms with van der Waals surface area (Å²) in [4.78, 5) is 12.2. The summed E-state index contributed by atoms with van der Waals surface area (Å²) in [5.74, 6) is 0.0790. The fraction of sp³-hybridized carbons (Fsp3) is 0.636. The molecule has 1 rings (SSSR count). The molecule has 0 aromatic rings. The van der Waals surface area contributed by atoms with Crippen LogP contribution < -0.4 is 10.6 Å². The summed E-state index contributed by atoms with van der Waals surface area (Å²) < 4.78 is 0. The van der Waals surface area contributed by atoms with Gasteiger partial charge in [-0.2, -0.15) is 12.6 Å². The number of thiocarbonyl (C=S) groups is 1. The van der Waals surface area contributed by atoms with Crippen molar-refractivity contribution in [3.63, 3.8) is 0 Å². The van der Waals surface area contributed by atoms with Crippen LogP contribution in [-0.2, 0) is 4.79 Å². The van der Waals surface area contributed by atoms with Crippen LogP contribution in [0, 0.1) is 0 Å². The molecule has 0 saturated heterocycles. The highest BCUT2D eigenvalue weighted by atomic mass is 32.1. The van der Waals surface area contributed by atoms with Crippen molar-refractivity contribution in [2.24, 2.45) is 0 Å². The number of ketones is 1. The first kappa shape index (κ1) is 13.5. The normalized spacial score (nSPS) is 21.6. The molecule has 2 unspecified atom stereocenters. The molecule has 1 aliphatic heterocycles. The smallest absolute Gasteiger partial charge is 0.175 e. The molecule has 5 heteroatoms. The van der Waals surface area contributed by atoms with Crippen LogP contribution in [0.5, 0.6) is 0 Å². The molecule has 0 saturated carbocycles. The lowest BCUT2D eigenvalue weighted by molar-refractivity contribution is -0.114. The SMILES string of the molecule is CC(=O)C1=C(CNC(C)=S)CC(C(C)S)N1. The van der Waals surface area contributed by atoms with E-state index >= 15 is 0 Å². The predicted molar refractivity (Wildman–Crippen MR) is 74.0 cm³/mol. The molecule has 16 heavy (non-hydrogen) atoms. The van der Waals surface area contributed by atoms with Crippen molar-refractivity contribution >= 4 is 35.6 Å². The first-order chi connectivity index (χ1) is 7.41. The molecule has 3 nitrogen and oxygen atoms in total. The first-order valence-electron chi connectivity index (χ1n) is 5.33. The van der Waals surface area contributed by atoms with E-state index in [1.807, 2.05) is 13.8 Å². The van der Waals surface area contributed by atoms with E-state index in [9.17, 15) is 4.79 Å². The Hall–Kier alpha value is -0.550. The van der Waals surface area contributed by atoms with Crippen molar-refractivity contribution < 1.29 is 4.79 Å². The first-order valence-corrected chi connectivity index (χ1v) is 6.26. The van der Waals surface area contributed by atoms with Crippen LogP contribution in [0.2, 0.25) is 0 Å². The molecule has 1 aliphatic rings. The molecule has 0 fully saturated rings. The minimum atomic E-state index is 0.0790. The van der Waals surface area contributed by atoms with Gasteiger partial charge in [-0.15, -0.1) is 0 Å². The maximum absolute atomic E-state index is 11.5. The second-order valence-electron chi connectivity index (χ2n) is 4.14. The average molecular weight is 258 g/mol. The van der Waals surface area contributed by atoms with Gasteiger partial charge in [-0.3, -0.25) is 4.79 Å². The van der Waals surface area contributed by atoms with E-state index in [1.54, 1.807) is 6.92 Å². The molecule has 0 aromatic carbocycles. The van der Waals surface area contributed by atoms with Crippen molar-refractivity contribution in [2.75, 3.05) is 6.54 Å². The van der Waals surface area contributed by atoms with Crippen LogP contribution in [0.25, 0.3) is 0 Å². The average Bonchev–Trinajstić information content (AvgIpc) is 2.58. The number of carbonyl (C=O) groups is 1. The Morgan fingerprint density at radius 2 is 2.31 bits per heavy atom. The molecular weight excluding hydrogens is 240 g/mol. The number of thiol groups is 1. The highest BCUT2D eigenvalue weighted by molar-refractivity contribution is 7.81. The third-order valence-corrected chi connectivity index (χ3v) is 3.14. The summed E-state index contributed by atoms with van der Waals surface area (Å²) in [5.41, 5.74) is 1.83. The monoisotopic (exact) mass is 258 g/mol. The van der Waals surface area contributed by atoms with E-state index in [0.717, 1.165) is 22.7 Å². The maximum Gasteiger partial charge on any atom is 0.175 e. The Labute approximate surface area is 107 Å². The van der Waals surface area contributed by atoms with Crippen LogP contribution in [0.15, 0.2) is 11.3 Å². The lowest BCUT2D eigenvalue weighted by Gasteiger charge is -2.15. The molecule has 0 radical (unpaired) electrons. The van der Waals surface area contributed by atoms with Gasteiger partial charge >= 0.3 is 0 Å². The molecule has 1 heterocycles. The third kappa shape index (κ3) is 3.49. The molecule has 0 aromatic heterocycles. The van der Waals surface area contributed by atoms with Crippen molar-refractivity contribution in [3.8, 4) is 0 Å². The molecule has 0 bridgehead atoms. The van der Waals surface area contributed by atoms with Crippen LogP contribution in [0.1, 0.15) is 27.2 Å². The Bertz CT molecular complexity index is 337. The number of hydrogen-bond donors (Lipinski definition) is 3. The zero-order valence-electron chi connectivity index (χ0n) is 9.83. The lowest BCUT2D eigenvalue weighted by atomic mass is 10.1. The summed E-state index contributed by atoms with van der Waals surface area (Å²) in [6.45, 7) is 6.09. The van der Waals surface area contributed by atoms with Gasteiger partial charge in [0.05, 0.1) is 10.7 Å². The molecule has 2 atom stereocenters. The number of nitrogens with one attached hydrogen (secondary N) is 2. The van der Waals surface area contributed by atoms with Crippen molar-refractivity contribution in [1.29, 1.82) is 0 Å². The van der Waals surface area contributed by atoms with Gasteiger partial charge in [0, 0.05) is 24.8 Å². The Kier molecular flexibility index (Phi) is 4.80. The van der Waals surface area contributed by atoms with E-state index in [-0.39, 0.29) is 17.1 Å². The van der Waals surface area contributed by atoms with Gasteiger partial charge in [0.2, 0.25) is 0 Å². The van der Waals surface area contributed by atoms with Gasteiger partial charge in [-0.25, -0.2) is 0 Å². The maximum atomic E-state index is 11.5. The van der Waals surface area contributed by atoms with Crippen LogP contribution in [0.4, 0.5) is 0 Å². The topological polar surface area (TPSA) is 41.1 Å². The summed E-state index contributed by atoms with van der Waals surface area (Å²) >= 11 is 9.37. The minimum Gasteiger partial charge on any atom is -0.378 e. The van der Waals surface area contributed by atoms with Gasteiger partial charge in [0.25, 0.3) is 0 Å². The largest absolute Gasteiger partial charge is 0.378 e. The Morgan fingerprint density at radius 3 is 2.75 bits per heavy atom. The number of Topliss-reactive ketones (excluding diaryl/α,β-unsaturated/α-hetero) is 1. The van der Waals surface area contributed by atoms with E-state index in [4.69, 9.17) is 12.2 Å². The fourth-order valence-corrected chi connectivity index (χ4v) is 1.99. The second-order valence-corrected chi connectivity index (χ2v) is 5.57. The molecule has 90 valence electrons. The van der Waals surface area contributed by atoms with Crippen LogP contribution in [-0.4, -0.2) is 28.6 Å². The van der Waals surface area contributed by atoms with Gasteiger partial charge < -0.3 is 10.6 Å². The Morgan fingerprint density at radius 1 is 1.69 bits per heavy atom. The molecule has 0 aliphatic carbocycles. The summed E-state index contributed by atoms with van der Waals surface area (Å²) in [6.07, 6.45) is 0.856. The quantitative estimate of drug-likeness (QED) is 0.527. The second kappa shape index (κ2) is 5.68. The lowest BCUT2D eigenvalue weighted by Crippen LogP contribution is -2.31. The number of carbonyl (C=O) groups excluding carboxylic acids is 1. The minimum absolute atomic E-state index is 0.0790. The Balaban J connectivity index is 2.71. The van der Waals surface area contributed by atoms with Crippen LogP contribution >= 0.6 is 24.8 Å². The van der Waals surface area contributed by atoms with Crippen molar-refractivity contribution in [2.45, 2.75) is 38.5 Å².